The van der Waals surface area contributed by atoms with Gasteiger partial charge in [0.2, 0.25) is 0 Å². The summed E-state index contributed by atoms with van der Waals surface area (Å²) in [7, 11) is -3.03. The molecule has 8 heteroatoms. The lowest BCUT2D eigenvalue weighted by Gasteiger charge is -2.28. The Morgan fingerprint density at radius 1 is 1.22 bits per heavy atom. The van der Waals surface area contributed by atoms with Crippen LogP contribution in [0.1, 0.15) is 19.3 Å². The zero-order chi connectivity index (χ0) is 16.6. The van der Waals surface area contributed by atoms with Gasteiger partial charge in [0.25, 0.3) is 5.91 Å². The summed E-state index contributed by atoms with van der Waals surface area (Å²) < 4.78 is 28.8. The molecule has 23 heavy (non-hydrogen) atoms. The van der Waals surface area contributed by atoms with Gasteiger partial charge in [-0.2, -0.15) is 0 Å². The fourth-order valence-electron chi connectivity index (χ4n) is 2.86. The van der Waals surface area contributed by atoms with E-state index in [-0.39, 0.29) is 36.1 Å². The minimum Gasteiger partial charge on any atom is -0.482 e. The van der Waals surface area contributed by atoms with Crippen LogP contribution in [0.3, 0.4) is 0 Å². The van der Waals surface area contributed by atoms with Crippen molar-refractivity contribution in [2.24, 2.45) is 0 Å². The second kappa shape index (κ2) is 6.49. The quantitative estimate of drug-likeness (QED) is 0.790. The fraction of sp³-hybridized carbons (Fsp3) is 0.533. The molecule has 1 aromatic rings. The molecule has 0 N–H and O–H groups in total. The summed E-state index contributed by atoms with van der Waals surface area (Å²) in [4.78, 5) is 14.2. The molecule has 1 amide bonds. The normalized spacial score (nSPS) is 22.8. The van der Waals surface area contributed by atoms with Crippen LogP contribution in [0.25, 0.3) is 0 Å². The van der Waals surface area contributed by atoms with E-state index in [2.05, 4.69) is 0 Å². The van der Waals surface area contributed by atoms with Gasteiger partial charge in [0, 0.05) is 17.1 Å². The number of hydrogen-bond acceptors (Lipinski definition) is 4. The largest absolute Gasteiger partial charge is 0.482 e. The number of rotatable bonds is 5. The Balaban J connectivity index is 1.65. The van der Waals surface area contributed by atoms with Crippen molar-refractivity contribution in [3.63, 3.8) is 0 Å². The summed E-state index contributed by atoms with van der Waals surface area (Å²) in [6.07, 6.45) is 2.35. The van der Waals surface area contributed by atoms with Crippen molar-refractivity contribution in [2.75, 3.05) is 18.1 Å². The predicted octanol–water partition coefficient (Wildman–Crippen LogP) is 2.55. The van der Waals surface area contributed by atoms with Gasteiger partial charge < -0.3 is 9.64 Å². The monoisotopic (exact) mass is 377 g/mol. The molecule has 0 unspecified atom stereocenters. The van der Waals surface area contributed by atoms with Crippen LogP contribution in [0, 0.1) is 0 Å². The van der Waals surface area contributed by atoms with Crippen molar-refractivity contribution < 1.29 is 17.9 Å². The Kier molecular flexibility index (Phi) is 4.76. The molecule has 2 fully saturated rings. The molecule has 5 nitrogen and oxygen atoms in total. The van der Waals surface area contributed by atoms with Crippen LogP contribution in [0.2, 0.25) is 10.0 Å². The molecule has 1 heterocycles. The number of hydrogen-bond donors (Lipinski definition) is 0. The maximum atomic E-state index is 12.5. The molecular formula is C15H17Cl2NO4S. The molecule has 0 bridgehead atoms. The van der Waals surface area contributed by atoms with Crippen LogP contribution >= 0.6 is 23.2 Å². The standard InChI is InChI=1S/C15H17Cl2NO4S/c16-10-1-4-14(13(17)7-10)22-8-15(19)18(11-2-3-11)12-5-6-23(20,21)9-12/h1,4,7,11-12H,2-3,5-6,8-9H2/t12-/m1/s1. The number of nitrogens with zero attached hydrogens (tertiary/aromatic N) is 1. The van der Waals surface area contributed by atoms with E-state index in [1.807, 2.05) is 0 Å². The first-order chi connectivity index (χ1) is 10.9. The number of carbonyl (C=O) groups is 1. The molecule has 1 saturated heterocycles. The third kappa shape index (κ3) is 4.11. The van der Waals surface area contributed by atoms with Crippen LogP contribution in [0.5, 0.6) is 5.75 Å². The van der Waals surface area contributed by atoms with Crippen molar-refractivity contribution in [2.45, 2.75) is 31.3 Å². The van der Waals surface area contributed by atoms with Gasteiger partial charge in [-0.05, 0) is 37.5 Å². The van der Waals surface area contributed by atoms with Gasteiger partial charge in [0.15, 0.2) is 16.4 Å². The second-order valence-corrected chi connectivity index (χ2v) is 9.02. The number of benzene rings is 1. The smallest absolute Gasteiger partial charge is 0.261 e. The van der Waals surface area contributed by atoms with Gasteiger partial charge in [-0.15, -0.1) is 0 Å². The SMILES string of the molecule is O=C(COc1ccc(Cl)cc1Cl)N(C1CC1)[C@@H]1CCS(=O)(=O)C1. The third-order valence-corrected chi connectivity index (χ3v) is 6.36. The number of amides is 1. The molecule has 1 atom stereocenters. The van der Waals surface area contributed by atoms with E-state index in [0.29, 0.717) is 22.2 Å². The summed E-state index contributed by atoms with van der Waals surface area (Å²) in [5.74, 6) is 0.398. The molecule has 0 radical (unpaired) electrons. The molecular weight excluding hydrogens is 361 g/mol. The van der Waals surface area contributed by atoms with Gasteiger partial charge in [-0.1, -0.05) is 23.2 Å². The average Bonchev–Trinajstić information content (AvgIpc) is 3.22. The second-order valence-electron chi connectivity index (χ2n) is 5.95. The highest BCUT2D eigenvalue weighted by Gasteiger charge is 2.42. The lowest BCUT2D eigenvalue weighted by molar-refractivity contribution is -0.135. The van der Waals surface area contributed by atoms with Crippen molar-refractivity contribution in [3.8, 4) is 5.75 Å². The minimum atomic E-state index is -3.03. The topological polar surface area (TPSA) is 63.7 Å². The summed E-state index contributed by atoms with van der Waals surface area (Å²) >= 11 is 11.8. The molecule has 1 aromatic carbocycles. The summed E-state index contributed by atoms with van der Waals surface area (Å²) in [6.45, 7) is -0.158. The maximum Gasteiger partial charge on any atom is 0.261 e. The first kappa shape index (κ1) is 16.9. The first-order valence-electron chi connectivity index (χ1n) is 7.45. The molecule has 0 spiro atoms. The van der Waals surface area contributed by atoms with Gasteiger partial charge in [0.1, 0.15) is 5.75 Å². The number of carbonyl (C=O) groups excluding carboxylic acids is 1. The maximum absolute atomic E-state index is 12.5. The zero-order valence-electron chi connectivity index (χ0n) is 12.4. The van der Waals surface area contributed by atoms with E-state index in [1.54, 1.807) is 23.1 Å². The van der Waals surface area contributed by atoms with E-state index in [9.17, 15) is 13.2 Å². The van der Waals surface area contributed by atoms with Crippen LogP contribution in [-0.4, -0.2) is 49.4 Å². The van der Waals surface area contributed by atoms with Crippen molar-refractivity contribution in [3.05, 3.63) is 28.2 Å². The highest BCUT2D eigenvalue weighted by Crippen LogP contribution is 2.33. The highest BCUT2D eigenvalue weighted by atomic mass is 35.5. The van der Waals surface area contributed by atoms with Gasteiger partial charge in [-0.3, -0.25) is 4.79 Å². The lowest BCUT2D eigenvalue weighted by atomic mass is 10.2. The predicted molar refractivity (Wildman–Crippen MR) is 88.9 cm³/mol. The number of ether oxygens (including phenoxy) is 1. The number of sulfone groups is 1. The first-order valence-corrected chi connectivity index (χ1v) is 10.0. The van der Waals surface area contributed by atoms with Gasteiger partial charge in [-0.25, -0.2) is 8.42 Å². The van der Waals surface area contributed by atoms with Gasteiger partial charge >= 0.3 is 0 Å². The van der Waals surface area contributed by atoms with Crippen LogP contribution in [0.15, 0.2) is 18.2 Å². The van der Waals surface area contributed by atoms with Crippen LogP contribution < -0.4 is 4.74 Å². The zero-order valence-corrected chi connectivity index (χ0v) is 14.7. The van der Waals surface area contributed by atoms with Gasteiger partial charge in [0.05, 0.1) is 16.5 Å². The average molecular weight is 378 g/mol. The Morgan fingerprint density at radius 2 is 1.96 bits per heavy atom. The molecule has 2 aliphatic rings. The van der Waals surface area contributed by atoms with Crippen LogP contribution in [-0.2, 0) is 14.6 Å². The van der Waals surface area contributed by atoms with E-state index in [1.165, 1.54) is 0 Å². The molecule has 1 saturated carbocycles. The lowest BCUT2D eigenvalue weighted by Crippen LogP contribution is -2.45. The third-order valence-electron chi connectivity index (χ3n) is 4.08. The summed E-state index contributed by atoms with van der Waals surface area (Å²) in [5, 5.41) is 0.830. The summed E-state index contributed by atoms with van der Waals surface area (Å²) in [5.41, 5.74) is 0. The van der Waals surface area contributed by atoms with E-state index >= 15 is 0 Å². The Bertz CT molecular complexity index is 718. The number of halogens is 2. The van der Waals surface area contributed by atoms with Crippen molar-refractivity contribution in [1.29, 1.82) is 0 Å². The molecule has 0 aromatic heterocycles. The highest BCUT2D eigenvalue weighted by molar-refractivity contribution is 7.91. The molecule has 3 rings (SSSR count). The fourth-order valence-corrected chi connectivity index (χ4v) is 5.03. The van der Waals surface area contributed by atoms with Crippen molar-refractivity contribution in [1.82, 2.24) is 4.90 Å². The Morgan fingerprint density at radius 3 is 2.52 bits per heavy atom. The summed E-state index contributed by atoms with van der Waals surface area (Å²) in [6, 6.07) is 4.70. The molecule has 1 aliphatic heterocycles. The Labute approximate surface area is 145 Å². The molecule has 126 valence electrons. The van der Waals surface area contributed by atoms with E-state index < -0.39 is 9.84 Å². The minimum absolute atomic E-state index is 0.0525. The van der Waals surface area contributed by atoms with E-state index in [0.717, 1.165) is 12.8 Å². The Hall–Kier alpha value is -0.980. The van der Waals surface area contributed by atoms with Crippen LogP contribution in [0.4, 0.5) is 0 Å². The molecule has 1 aliphatic carbocycles. The van der Waals surface area contributed by atoms with E-state index in [4.69, 9.17) is 27.9 Å². The van der Waals surface area contributed by atoms with Crippen molar-refractivity contribution >= 4 is 38.9 Å².